The molecule has 3 aromatic carbocycles. The predicted octanol–water partition coefficient (Wildman–Crippen LogP) is 8.26. The second-order valence-electron chi connectivity index (χ2n) is 8.94. The molecular formula is C29H32. The Labute approximate surface area is 176 Å². The van der Waals surface area contributed by atoms with Gasteiger partial charge in [0.2, 0.25) is 0 Å². The van der Waals surface area contributed by atoms with Crippen LogP contribution in [0, 0.1) is 0 Å². The maximum absolute atomic E-state index is 2.44. The van der Waals surface area contributed by atoms with Crippen molar-refractivity contribution in [2.24, 2.45) is 0 Å². The normalized spacial score (nSPS) is 13.1. The highest BCUT2D eigenvalue weighted by molar-refractivity contribution is 5.95. The van der Waals surface area contributed by atoms with Crippen molar-refractivity contribution in [3.05, 3.63) is 94.0 Å². The van der Waals surface area contributed by atoms with E-state index in [0.717, 1.165) is 12.8 Å². The van der Waals surface area contributed by atoms with E-state index in [4.69, 9.17) is 0 Å². The molecule has 0 saturated heterocycles. The van der Waals surface area contributed by atoms with Crippen LogP contribution in [0.4, 0.5) is 0 Å². The van der Waals surface area contributed by atoms with Crippen molar-refractivity contribution in [1.82, 2.24) is 0 Å². The van der Waals surface area contributed by atoms with Crippen molar-refractivity contribution in [3.63, 3.8) is 0 Å². The van der Waals surface area contributed by atoms with Gasteiger partial charge in [-0.05, 0) is 80.8 Å². The van der Waals surface area contributed by atoms with E-state index in [1.165, 1.54) is 50.1 Å². The standard InChI is InChI=1S/C29H32/c1-6-21-12-13-23-14-26(22-10-8-7-9-11-22)18-28(23)29(21)27-16-24(19(2)3)15-25(17-27)20(4)5/h7-13,15-20H,6,14H2,1-5H3. The quantitative estimate of drug-likeness (QED) is 0.418. The SMILES string of the molecule is CCc1ccc2c(c1-c1cc(C(C)C)cc(C(C)C)c1)C=C(c1ccccc1)C2. The lowest BCUT2D eigenvalue weighted by molar-refractivity contribution is 0.834. The maximum atomic E-state index is 2.44. The monoisotopic (exact) mass is 380 g/mol. The van der Waals surface area contributed by atoms with Gasteiger partial charge in [-0.15, -0.1) is 0 Å². The van der Waals surface area contributed by atoms with Crippen LogP contribution in [0.1, 0.15) is 79.8 Å². The van der Waals surface area contributed by atoms with Gasteiger partial charge in [0.15, 0.2) is 0 Å². The molecule has 0 aromatic heterocycles. The van der Waals surface area contributed by atoms with Gasteiger partial charge in [0.25, 0.3) is 0 Å². The van der Waals surface area contributed by atoms with Crippen LogP contribution in [-0.2, 0) is 12.8 Å². The molecule has 0 unspecified atom stereocenters. The van der Waals surface area contributed by atoms with E-state index < -0.39 is 0 Å². The summed E-state index contributed by atoms with van der Waals surface area (Å²) in [6.07, 6.45) is 4.52. The molecule has 0 radical (unpaired) electrons. The molecule has 3 aromatic rings. The van der Waals surface area contributed by atoms with E-state index >= 15 is 0 Å². The zero-order chi connectivity index (χ0) is 20.5. The number of allylic oxidation sites excluding steroid dienone is 1. The summed E-state index contributed by atoms with van der Waals surface area (Å²) in [4.78, 5) is 0. The van der Waals surface area contributed by atoms with Gasteiger partial charge in [-0.3, -0.25) is 0 Å². The smallest absolute Gasteiger partial charge is 0.00134 e. The van der Waals surface area contributed by atoms with Crippen LogP contribution >= 0.6 is 0 Å². The van der Waals surface area contributed by atoms with Gasteiger partial charge in [-0.2, -0.15) is 0 Å². The predicted molar refractivity (Wildman–Crippen MR) is 127 cm³/mol. The van der Waals surface area contributed by atoms with E-state index in [9.17, 15) is 0 Å². The first-order valence-corrected chi connectivity index (χ1v) is 11.0. The van der Waals surface area contributed by atoms with Crippen LogP contribution < -0.4 is 0 Å². The third kappa shape index (κ3) is 3.81. The fourth-order valence-electron chi connectivity index (χ4n) is 4.42. The van der Waals surface area contributed by atoms with E-state index in [1.54, 1.807) is 0 Å². The summed E-state index contributed by atoms with van der Waals surface area (Å²) < 4.78 is 0. The van der Waals surface area contributed by atoms with Crippen LogP contribution in [-0.4, -0.2) is 0 Å². The third-order valence-corrected chi connectivity index (χ3v) is 6.25. The highest BCUT2D eigenvalue weighted by atomic mass is 14.2. The first-order valence-electron chi connectivity index (χ1n) is 11.0. The number of hydrogen-bond acceptors (Lipinski definition) is 0. The Hall–Kier alpha value is -2.60. The molecule has 0 heterocycles. The van der Waals surface area contributed by atoms with Crippen LogP contribution in [0.25, 0.3) is 22.8 Å². The molecule has 4 rings (SSSR count). The van der Waals surface area contributed by atoms with Gasteiger partial charge < -0.3 is 0 Å². The second kappa shape index (κ2) is 8.03. The van der Waals surface area contributed by atoms with Crippen molar-refractivity contribution in [2.45, 2.75) is 59.3 Å². The van der Waals surface area contributed by atoms with Gasteiger partial charge in [-0.25, -0.2) is 0 Å². The van der Waals surface area contributed by atoms with Gasteiger partial charge in [0.1, 0.15) is 0 Å². The number of benzene rings is 3. The lowest BCUT2D eigenvalue weighted by atomic mass is 9.86. The van der Waals surface area contributed by atoms with E-state index in [-0.39, 0.29) is 0 Å². The summed E-state index contributed by atoms with van der Waals surface area (Å²) in [7, 11) is 0. The van der Waals surface area contributed by atoms with Gasteiger partial charge in [-0.1, -0.05) is 95.3 Å². The van der Waals surface area contributed by atoms with Crippen molar-refractivity contribution in [2.75, 3.05) is 0 Å². The summed E-state index contributed by atoms with van der Waals surface area (Å²) in [6, 6.07) is 22.8. The molecule has 1 aliphatic rings. The minimum Gasteiger partial charge on any atom is -0.0622 e. The molecule has 1 aliphatic carbocycles. The molecule has 0 spiro atoms. The number of aryl methyl sites for hydroxylation is 1. The van der Waals surface area contributed by atoms with Crippen molar-refractivity contribution >= 4 is 11.6 Å². The van der Waals surface area contributed by atoms with E-state index in [1.807, 2.05) is 0 Å². The molecule has 0 atom stereocenters. The van der Waals surface area contributed by atoms with Crippen molar-refractivity contribution in [3.8, 4) is 11.1 Å². The Bertz CT molecular complexity index is 1020. The van der Waals surface area contributed by atoms with E-state index in [0.29, 0.717) is 11.8 Å². The zero-order valence-electron chi connectivity index (χ0n) is 18.4. The topological polar surface area (TPSA) is 0 Å². The highest BCUT2D eigenvalue weighted by Gasteiger charge is 2.21. The largest absolute Gasteiger partial charge is 0.0622 e. The van der Waals surface area contributed by atoms with Gasteiger partial charge in [0.05, 0.1) is 0 Å². The van der Waals surface area contributed by atoms with Crippen LogP contribution in [0.5, 0.6) is 0 Å². The first kappa shape index (κ1) is 19.7. The Morgan fingerprint density at radius 2 is 1.41 bits per heavy atom. The minimum atomic E-state index is 0.532. The molecule has 0 saturated carbocycles. The van der Waals surface area contributed by atoms with Crippen LogP contribution in [0.15, 0.2) is 60.7 Å². The molecule has 148 valence electrons. The van der Waals surface area contributed by atoms with Crippen molar-refractivity contribution in [1.29, 1.82) is 0 Å². The number of fused-ring (bicyclic) bond motifs is 1. The molecule has 29 heavy (non-hydrogen) atoms. The maximum Gasteiger partial charge on any atom is -0.00134 e. The fraction of sp³-hybridized carbons (Fsp3) is 0.310. The summed E-state index contributed by atoms with van der Waals surface area (Å²) in [6.45, 7) is 11.5. The highest BCUT2D eigenvalue weighted by Crippen LogP contribution is 2.41. The molecule has 0 bridgehead atoms. The lowest BCUT2D eigenvalue weighted by Gasteiger charge is -2.18. The van der Waals surface area contributed by atoms with E-state index in [2.05, 4.69) is 101 Å². The number of hydrogen-bond donors (Lipinski definition) is 0. The Morgan fingerprint density at radius 3 is 2.00 bits per heavy atom. The molecule has 0 nitrogen and oxygen atoms in total. The Kier molecular flexibility index (Phi) is 5.46. The molecular weight excluding hydrogens is 348 g/mol. The molecule has 0 heteroatoms. The van der Waals surface area contributed by atoms with Crippen LogP contribution in [0.3, 0.4) is 0 Å². The van der Waals surface area contributed by atoms with Crippen molar-refractivity contribution < 1.29 is 0 Å². The molecule has 0 fully saturated rings. The molecule has 0 N–H and O–H groups in total. The fourth-order valence-corrected chi connectivity index (χ4v) is 4.42. The second-order valence-corrected chi connectivity index (χ2v) is 8.94. The number of rotatable bonds is 5. The minimum absolute atomic E-state index is 0.532. The molecule has 0 aliphatic heterocycles. The van der Waals surface area contributed by atoms with Crippen LogP contribution in [0.2, 0.25) is 0 Å². The summed E-state index contributed by atoms with van der Waals surface area (Å²) in [5.74, 6) is 1.06. The summed E-state index contributed by atoms with van der Waals surface area (Å²) >= 11 is 0. The Balaban J connectivity index is 1.92. The lowest BCUT2D eigenvalue weighted by Crippen LogP contribution is -1.99. The average Bonchev–Trinajstić information content (AvgIpc) is 3.17. The zero-order valence-corrected chi connectivity index (χ0v) is 18.4. The van der Waals surface area contributed by atoms with Gasteiger partial charge >= 0.3 is 0 Å². The summed E-state index contributed by atoms with van der Waals surface area (Å²) in [5, 5.41) is 0. The first-order chi connectivity index (χ1) is 14.0. The Morgan fingerprint density at radius 1 is 0.759 bits per heavy atom. The average molecular weight is 381 g/mol. The van der Waals surface area contributed by atoms with Gasteiger partial charge in [0, 0.05) is 0 Å². The third-order valence-electron chi connectivity index (χ3n) is 6.25. The molecule has 0 amide bonds. The summed E-state index contributed by atoms with van der Waals surface area (Å²) in [5.41, 5.74) is 12.8.